The second-order valence-corrected chi connectivity index (χ2v) is 8.17. The zero-order valence-electron chi connectivity index (χ0n) is 17.1. The fourth-order valence-electron chi connectivity index (χ4n) is 3.42. The predicted octanol–water partition coefficient (Wildman–Crippen LogP) is 5.18. The van der Waals surface area contributed by atoms with Gasteiger partial charge in [0.15, 0.2) is 18.1 Å². The summed E-state index contributed by atoms with van der Waals surface area (Å²) in [6.45, 7) is -0.172. The van der Waals surface area contributed by atoms with Gasteiger partial charge in [-0.1, -0.05) is 35.9 Å². The van der Waals surface area contributed by atoms with Gasteiger partial charge in [0.2, 0.25) is 0 Å². The van der Waals surface area contributed by atoms with Crippen LogP contribution in [0.4, 0.5) is 0 Å². The van der Waals surface area contributed by atoms with Gasteiger partial charge in [-0.3, -0.25) is 4.79 Å². The lowest BCUT2D eigenvalue weighted by molar-refractivity contribution is -0.135. The molecule has 2 aromatic carbocycles. The van der Waals surface area contributed by atoms with Gasteiger partial charge in [0, 0.05) is 6.42 Å². The van der Waals surface area contributed by atoms with Crippen LogP contribution in [-0.4, -0.2) is 37.5 Å². The highest BCUT2D eigenvalue weighted by molar-refractivity contribution is 7.12. The molecule has 0 spiro atoms. The van der Waals surface area contributed by atoms with E-state index in [0.29, 0.717) is 28.7 Å². The second kappa shape index (κ2) is 9.41. The lowest BCUT2D eigenvalue weighted by Gasteiger charge is -2.23. The van der Waals surface area contributed by atoms with Gasteiger partial charge < -0.3 is 14.2 Å². The normalized spacial score (nSPS) is 15.5. The standard InChI is InChI=1S/C23H21ClN2O4S/c1-28-20-10-9-15(12-21(20)29-2)18-13-17(22-8-5-11-31-22)25-26(18)23(27)14-30-19-7-4-3-6-16(19)24/h3-12,18H,13-14H2,1-2H3. The van der Waals surface area contributed by atoms with Crippen LogP contribution in [0, 0.1) is 0 Å². The summed E-state index contributed by atoms with van der Waals surface area (Å²) in [6, 6.07) is 16.4. The smallest absolute Gasteiger partial charge is 0.281 e. The summed E-state index contributed by atoms with van der Waals surface area (Å²) in [5.74, 6) is 1.43. The van der Waals surface area contributed by atoms with E-state index in [2.05, 4.69) is 5.10 Å². The van der Waals surface area contributed by atoms with Crippen LogP contribution in [-0.2, 0) is 4.79 Å². The van der Waals surface area contributed by atoms with Crippen LogP contribution >= 0.6 is 22.9 Å². The monoisotopic (exact) mass is 456 g/mol. The van der Waals surface area contributed by atoms with Crippen LogP contribution in [0.3, 0.4) is 0 Å². The van der Waals surface area contributed by atoms with Gasteiger partial charge in [0.25, 0.3) is 5.91 Å². The van der Waals surface area contributed by atoms with E-state index in [0.717, 1.165) is 16.2 Å². The van der Waals surface area contributed by atoms with Gasteiger partial charge in [-0.25, -0.2) is 5.01 Å². The van der Waals surface area contributed by atoms with Crippen molar-refractivity contribution in [3.05, 3.63) is 75.4 Å². The number of hydrogen-bond acceptors (Lipinski definition) is 6. The number of carbonyl (C=O) groups is 1. The summed E-state index contributed by atoms with van der Waals surface area (Å²) in [7, 11) is 3.18. The van der Waals surface area contributed by atoms with Crippen molar-refractivity contribution in [3.63, 3.8) is 0 Å². The fraction of sp³-hybridized carbons (Fsp3) is 0.217. The average Bonchev–Trinajstić information content (AvgIpc) is 3.48. The van der Waals surface area contributed by atoms with Crippen molar-refractivity contribution < 1.29 is 19.0 Å². The molecule has 0 bridgehead atoms. The van der Waals surface area contributed by atoms with Gasteiger partial charge in [0.05, 0.1) is 35.9 Å². The minimum absolute atomic E-state index is 0.172. The molecule has 0 N–H and O–H groups in total. The highest BCUT2D eigenvalue weighted by Crippen LogP contribution is 2.38. The first kappa shape index (κ1) is 21.2. The third-order valence-corrected chi connectivity index (χ3v) is 6.18. The largest absolute Gasteiger partial charge is 0.493 e. The molecular weight excluding hydrogens is 436 g/mol. The van der Waals surface area contributed by atoms with E-state index in [1.165, 1.54) is 5.01 Å². The Morgan fingerprint density at radius 1 is 1.10 bits per heavy atom. The van der Waals surface area contributed by atoms with Crippen molar-refractivity contribution in [1.82, 2.24) is 5.01 Å². The molecule has 31 heavy (non-hydrogen) atoms. The summed E-state index contributed by atoms with van der Waals surface area (Å²) in [5.41, 5.74) is 1.76. The molecule has 160 valence electrons. The molecule has 3 aromatic rings. The van der Waals surface area contributed by atoms with Crippen molar-refractivity contribution in [3.8, 4) is 17.2 Å². The summed E-state index contributed by atoms with van der Waals surface area (Å²) >= 11 is 7.74. The van der Waals surface area contributed by atoms with Crippen molar-refractivity contribution in [2.75, 3.05) is 20.8 Å². The number of carbonyl (C=O) groups excluding carboxylic acids is 1. The summed E-state index contributed by atoms with van der Waals surface area (Å²) in [4.78, 5) is 14.1. The highest BCUT2D eigenvalue weighted by Gasteiger charge is 2.34. The van der Waals surface area contributed by atoms with Gasteiger partial charge in [-0.15, -0.1) is 11.3 Å². The molecule has 1 aliphatic rings. The van der Waals surface area contributed by atoms with E-state index in [-0.39, 0.29) is 18.6 Å². The lowest BCUT2D eigenvalue weighted by Crippen LogP contribution is -2.31. The third kappa shape index (κ3) is 4.52. The quantitative estimate of drug-likeness (QED) is 0.491. The molecule has 1 aliphatic heterocycles. The molecule has 1 unspecified atom stereocenters. The number of nitrogens with zero attached hydrogens (tertiary/aromatic N) is 2. The zero-order chi connectivity index (χ0) is 21.8. The van der Waals surface area contributed by atoms with Crippen LogP contribution in [0.15, 0.2) is 65.1 Å². The minimum atomic E-state index is -0.278. The molecule has 2 heterocycles. The van der Waals surface area contributed by atoms with E-state index in [1.54, 1.807) is 43.8 Å². The van der Waals surface area contributed by atoms with Crippen molar-refractivity contribution in [1.29, 1.82) is 0 Å². The zero-order valence-corrected chi connectivity index (χ0v) is 18.7. The lowest BCUT2D eigenvalue weighted by atomic mass is 10.0. The fourth-order valence-corrected chi connectivity index (χ4v) is 4.33. The van der Waals surface area contributed by atoms with E-state index < -0.39 is 0 Å². The number of thiophene rings is 1. The Balaban J connectivity index is 1.61. The van der Waals surface area contributed by atoms with E-state index in [1.807, 2.05) is 41.8 Å². The minimum Gasteiger partial charge on any atom is -0.493 e. The van der Waals surface area contributed by atoms with Crippen molar-refractivity contribution in [2.24, 2.45) is 5.10 Å². The number of amides is 1. The molecule has 1 atom stereocenters. The number of halogens is 1. The summed E-state index contributed by atoms with van der Waals surface area (Å²) < 4.78 is 16.5. The second-order valence-electron chi connectivity index (χ2n) is 6.82. The summed E-state index contributed by atoms with van der Waals surface area (Å²) in [5, 5.41) is 8.59. The Kier molecular flexibility index (Phi) is 6.44. The van der Waals surface area contributed by atoms with E-state index >= 15 is 0 Å². The van der Waals surface area contributed by atoms with Crippen molar-refractivity contribution in [2.45, 2.75) is 12.5 Å². The Morgan fingerprint density at radius 2 is 1.90 bits per heavy atom. The molecule has 1 amide bonds. The molecule has 0 fully saturated rings. The van der Waals surface area contributed by atoms with Crippen LogP contribution in [0.2, 0.25) is 5.02 Å². The molecule has 0 aliphatic carbocycles. The van der Waals surface area contributed by atoms with E-state index in [9.17, 15) is 4.79 Å². The third-order valence-electron chi connectivity index (χ3n) is 4.95. The van der Waals surface area contributed by atoms with Gasteiger partial charge in [-0.05, 0) is 41.3 Å². The number of hydrazone groups is 1. The summed E-state index contributed by atoms with van der Waals surface area (Å²) in [6.07, 6.45) is 0.591. The van der Waals surface area contributed by atoms with Crippen LogP contribution in [0.1, 0.15) is 22.9 Å². The maximum atomic E-state index is 13.1. The number of rotatable bonds is 7. The number of hydrogen-bond donors (Lipinski definition) is 0. The maximum absolute atomic E-state index is 13.1. The molecule has 4 rings (SSSR count). The van der Waals surface area contributed by atoms with Gasteiger partial charge >= 0.3 is 0 Å². The first-order valence-corrected chi connectivity index (χ1v) is 10.9. The Morgan fingerprint density at radius 3 is 2.61 bits per heavy atom. The predicted molar refractivity (Wildman–Crippen MR) is 122 cm³/mol. The first-order valence-electron chi connectivity index (χ1n) is 9.63. The first-order chi connectivity index (χ1) is 15.1. The molecule has 0 radical (unpaired) electrons. The SMILES string of the molecule is COc1ccc(C2CC(c3cccs3)=NN2C(=O)COc2ccccc2Cl)cc1OC. The number of ether oxygens (including phenoxy) is 3. The Hall–Kier alpha value is -3.03. The Labute approximate surface area is 189 Å². The maximum Gasteiger partial charge on any atom is 0.281 e. The van der Waals surface area contributed by atoms with Gasteiger partial charge in [0.1, 0.15) is 5.75 Å². The number of methoxy groups -OCH3 is 2. The molecule has 1 aromatic heterocycles. The topological polar surface area (TPSA) is 60.4 Å². The highest BCUT2D eigenvalue weighted by atomic mass is 35.5. The molecule has 0 saturated carbocycles. The van der Waals surface area contributed by atoms with Gasteiger partial charge in [-0.2, -0.15) is 5.10 Å². The van der Waals surface area contributed by atoms with Crippen LogP contribution < -0.4 is 14.2 Å². The number of benzene rings is 2. The number of para-hydroxylation sites is 1. The van der Waals surface area contributed by atoms with Crippen LogP contribution in [0.5, 0.6) is 17.2 Å². The molecule has 6 nitrogen and oxygen atoms in total. The Bertz CT molecular complexity index is 1100. The van der Waals surface area contributed by atoms with Crippen LogP contribution in [0.25, 0.3) is 0 Å². The molecular formula is C23H21ClN2O4S. The van der Waals surface area contributed by atoms with E-state index in [4.69, 9.17) is 25.8 Å². The average molecular weight is 457 g/mol. The van der Waals surface area contributed by atoms with Crippen molar-refractivity contribution >= 4 is 34.6 Å². The molecule has 0 saturated heterocycles. The molecule has 8 heteroatoms.